The Hall–Kier alpha value is -1.10. The van der Waals surface area contributed by atoms with Gasteiger partial charge in [0, 0.05) is 6.54 Å². The summed E-state index contributed by atoms with van der Waals surface area (Å²) in [7, 11) is 1.84. The van der Waals surface area contributed by atoms with Crippen molar-refractivity contribution in [3.05, 3.63) is 29.3 Å². The first-order valence-corrected chi connectivity index (χ1v) is 6.28. The first-order chi connectivity index (χ1) is 8.49. The fourth-order valence-corrected chi connectivity index (χ4v) is 1.67. The zero-order valence-electron chi connectivity index (χ0n) is 10.7. The Labute approximate surface area is 113 Å². The van der Waals surface area contributed by atoms with Gasteiger partial charge in [-0.1, -0.05) is 23.7 Å². The molecule has 0 aromatic heterocycles. The van der Waals surface area contributed by atoms with Crippen molar-refractivity contribution in [2.75, 3.05) is 25.5 Å². The van der Waals surface area contributed by atoms with Crippen molar-refractivity contribution in [1.82, 2.24) is 4.90 Å². The van der Waals surface area contributed by atoms with Gasteiger partial charge in [0.25, 0.3) is 0 Å². The molecule has 2 N–H and O–H groups in total. The van der Waals surface area contributed by atoms with Gasteiger partial charge in [-0.15, -0.1) is 0 Å². The number of carbonyl (C=O) groups excluding carboxylic acids is 1. The first kappa shape index (κ1) is 15.0. The second kappa shape index (κ2) is 7.36. The van der Waals surface area contributed by atoms with Gasteiger partial charge in [0.1, 0.15) is 0 Å². The molecule has 1 aromatic carbocycles. The van der Waals surface area contributed by atoms with Crippen LogP contribution in [-0.4, -0.2) is 42.2 Å². The average molecular weight is 271 g/mol. The number of likely N-dealkylation sites (N-methyl/N-ethyl adjacent to an activating group) is 1. The van der Waals surface area contributed by atoms with Gasteiger partial charge in [0.05, 0.1) is 23.4 Å². The molecule has 0 bridgehead atoms. The third kappa shape index (κ3) is 5.49. The fourth-order valence-electron chi connectivity index (χ4n) is 1.48. The number of hydrogen-bond donors (Lipinski definition) is 2. The maximum Gasteiger partial charge on any atom is 0.238 e. The molecule has 18 heavy (non-hydrogen) atoms. The molecule has 1 unspecified atom stereocenters. The van der Waals surface area contributed by atoms with Gasteiger partial charge in [-0.3, -0.25) is 9.69 Å². The summed E-state index contributed by atoms with van der Waals surface area (Å²) in [4.78, 5) is 13.6. The van der Waals surface area contributed by atoms with E-state index in [0.29, 0.717) is 23.7 Å². The molecule has 0 fully saturated rings. The highest BCUT2D eigenvalue weighted by molar-refractivity contribution is 6.33. The molecule has 0 aliphatic rings. The van der Waals surface area contributed by atoms with E-state index in [1.807, 2.05) is 24.1 Å². The zero-order valence-corrected chi connectivity index (χ0v) is 11.4. The Morgan fingerprint density at radius 1 is 1.50 bits per heavy atom. The van der Waals surface area contributed by atoms with Gasteiger partial charge >= 0.3 is 0 Å². The molecule has 0 aliphatic heterocycles. The summed E-state index contributed by atoms with van der Waals surface area (Å²) in [5.41, 5.74) is 0.619. The van der Waals surface area contributed by atoms with Crippen LogP contribution in [0.4, 0.5) is 5.69 Å². The number of amides is 1. The molecular weight excluding hydrogens is 252 g/mol. The number of aliphatic hydroxyl groups excluding tert-OH is 1. The lowest BCUT2D eigenvalue weighted by molar-refractivity contribution is -0.117. The van der Waals surface area contributed by atoms with Crippen molar-refractivity contribution < 1.29 is 9.90 Å². The van der Waals surface area contributed by atoms with Gasteiger partial charge < -0.3 is 10.4 Å². The summed E-state index contributed by atoms with van der Waals surface area (Å²) in [6.07, 6.45) is 0.301. The third-order valence-electron chi connectivity index (χ3n) is 2.49. The Morgan fingerprint density at radius 3 is 2.78 bits per heavy atom. The number of aliphatic hydroxyl groups is 1. The van der Waals surface area contributed by atoms with E-state index in [4.69, 9.17) is 16.7 Å². The van der Waals surface area contributed by atoms with Crippen molar-refractivity contribution in [3.63, 3.8) is 0 Å². The quantitative estimate of drug-likeness (QED) is 0.831. The van der Waals surface area contributed by atoms with Crippen molar-refractivity contribution in [3.8, 4) is 0 Å². The molecule has 0 spiro atoms. The highest BCUT2D eigenvalue weighted by Gasteiger charge is 2.09. The summed E-state index contributed by atoms with van der Waals surface area (Å²) >= 11 is 5.95. The van der Waals surface area contributed by atoms with E-state index in [1.54, 1.807) is 19.1 Å². The van der Waals surface area contributed by atoms with Gasteiger partial charge in [-0.05, 0) is 32.5 Å². The van der Waals surface area contributed by atoms with E-state index in [-0.39, 0.29) is 18.6 Å². The van der Waals surface area contributed by atoms with Crippen LogP contribution >= 0.6 is 11.6 Å². The van der Waals surface area contributed by atoms with Gasteiger partial charge in [-0.2, -0.15) is 0 Å². The lowest BCUT2D eigenvalue weighted by Gasteiger charge is -2.17. The van der Waals surface area contributed by atoms with Crippen LogP contribution in [0, 0.1) is 0 Å². The van der Waals surface area contributed by atoms with E-state index in [2.05, 4.69) is 5.32 Å². The van der Waals surface area contributed by atoms with E-state index in [1.165, 1.54) is 0 Å². The maximum absolute atomic E-state index is 11.7. The molecule has 1 rings (SSSR count). The Bertz CT molecular complexity index is 396. The highest BCUT2D eigenvalue weighted by atomic mass is 35.5. The van der Waals surface area contributed by atoms with Crippen molar-refractivity contribution in [2.45, 2.75) is 19.4 Å². The largest absolute Gasteiger partial charge is 0.393 e. The average Bonchev–Trinajstić information content (AvgIpc) is 2.29. The maximum atomic E-state index is 11.7. The summed E-state index contributed by atoms with van der Waals surface area (Å²) in [5.74, 6) is -0.115. The zero-order chi connectivity index (χ0) is 13.5. The minimum Gasteiger partial charge on any atom is -0.393 e. The normalized spacial score (nSPS) is 12.5. The van der Waals surface area contributed by atoms with Crippen LogP contribution in [0.25, 0.3) is 0 Å². The number of nitrogens with zero attached hydrogens (tertiary/aromatic N) is 1. The fraction of sp³-hybridized carbons (Fsp3) is 0.462. The van der Waals surface area contributed by atoms with Crippen LogP contribution < -0.4 is 5.32 Å². The SMILES string of the molecule is CC(O)CCN(C)CC(=O)Nc1ccccc1Cl. The predicted octanol–water partition coefficient (Wildman–Crippen LogP) is 1.98. The van der Waals surface area contributed by atoms with Gasteiger partial charge in [-0.25, -0.2) is 0 Å². The second-order valence-electron chi connectivity index (χ2n) is 4.40. The van der Waals surface area contributed by atoms with Gasteiger partial charge in [0.2, 0.25) is 5.91 Å². The topological polar surface area (TPSA) is 52.6 Å². The van der Waals surface area contributed by atoms with Crippen LogP contribution in [0.3, 0.4) is 0 Å². The van der Waals surface area contributed by atoms with Crippen molar-refractivity contribution >= 4 is 23.2 Å². The lowest BCUT2D eigenvalue weighted by Crippen LogP contribution is -2.32. The van der Waals surface area contributed by atoms with Crippen LogP contribution in [0.5, 0.6) is 0 Å². The second-order valence-corrected chi connectivity index (χ2v) is 4.81. The van der Waals surface area contributed by atoms with Crippen LogP contribution in [0.15, 0.2) is 24.3 Å². The number of benzene rings is 1. The van der Waals surface area contributed by atoms with E-state index >= 15 is 0 Å². The summed E-state index contributed by atoms with van der Waals surface area (Å²) in [6, 6.07) is 7.12. The van der Waals surface area contributed by atoms with Crippen molar-refractivity contribution in [2.24, 2.45) is 0 Å². The molecule has 0 aliphatic carbocycles. The number of halogens is 1. The standard InChI is InChI=1S/C13H19ClN2O2/c1-10(17)7-8-16(2)9-13(18)15-12-6-4-3-5-11(12)14/h3-6,10,17H,7-9H2,1-2H3,(H,15,18). The molecule has 1 amide bonds. The number of anilines is 1. The number of nitrogens with one attached hydrogen (secondary N) is 1. The molecule has 0 heterocycles. The van der Waals surface area contributed by atoms with E-state index in [9.17, 15) is 4.79 Å². The molecule has 100 valence electrons. The Morgan fingerprint density at radius 2 is 2.17 bits per heavy atom. The minimum absolute atomic E-state index is 0.115. The van der Waals surface area contributed by atoms with Crippen LogP contribution in [-0.2, 0) is 4.79 Å². The summed E-state index contributed by atoms with van der Waals surface area (Å²) < 4.78 is 0. The summed E-state index contributed by atoms with van der Waals surface area (Å²) in [5, 5.41) is 12.4. The van der Waals surface area contributed by atoms with E-state index < -0.39 is 0 Å². The predicted molar refractivity (Wildman–Crippen MR) is 73.9 cm³/mol. The molecule has 4 nitrogen and oxygen atoms in total. The number of hydrogen-bond acceptors (Lipinski definition) is 3. The number of rotatable bonds is 6. The molecular formula is C13H19ClN2O2. The Balaban J connectivity index is 2.40. The minimum atomic E-state index is -0.348. The molecule has 0 saturated carbocycles. The highest BCUT2D eigenvalue weighted by Crippen LogP contribution is 2.20. The lowest BCUT2D eigenvalue weighted by atomic mass is 10.2. The van der Waals surface area contributed by atoms with E-state index in [0.717, 1.165) is 0 Å². The number of para-hydroxylation sites is 1. The molecule has 0 saturated heterocycles. The smallest absolute Gasteiger partial charge is 0.238 e. The molecule has 1 atom stereocenters. The summed E-state index contributed by atoms with van der Waals surface area (Å²) in [6.45, 7) is 2.68. The van der Waals surface area contributed by atoms with Crippen molar-refractivity contribution in [1.29, 1.82) is 0 Å². The Kier molecular flexibility index (Phi) is 6.12. The van der Waals surface area contributed by atoms with Crippen LogP contribution in [0.2, 0.25) is 5.02 Å². The van der Waals surface area contributed by atoms with Crippen LogP contribution in [0.1, 0.15) is 13.3 Å². The van der Waals surface area contributed by atoms with Gasteiger partial charge in [0.15, 0.2) is 0 Å². The molecule has 5 heteroatoms. The third-order valence-corrected chi connectivity index (χ3v) is 2.82. The first-order valence-electron chi connectivity index (χ1n) is 5.90. The molecule has 0 radical (unpaired) electrons. The number of carbonyl (C=O) groups is 1. The molecule has 1 aromatic rings. The monoisotopic (exact) mass is 270 g/mol.